The van der Waals surface area contributed by atoms with Crippen LogP contribution in [0.15, 0.2) is 18.2 Å². The van der Waals surface area contributed by atoms with Crippen molar-refractivity contribution in [2.45, 2.75) is 6.54 Å². The summed E-state index contributed by atoms with van der Waals surface area (Å²) in [5.41, 5.74) is 0.804. The lowest BCUT2D eigenvalue weighted by molar-refractivity contribution is -0.0548. The summed E-state index contributed by atoms with van der Waals surface area (Å²) in [6, 6.07) is 5.40. The Morgan fingerprint density at radius 3 is 2.38 bits per heavy atom. The minimum Gasteiger partial charge on any atom is -0.379 e. The van der Waals surface area contributed by atoms with E-state index in [1.165, 1.54) is 0 Å². The van der Waals surface area contributed by atoms with E-state index in [4.69, 9.17) is 27.9 Å². The first kappa shape index (κ1) is 14.9. The van der Waals surface area contributed by atoms with Crippen LogP contribution in [0.25, 0.3) is 0 Å². The second-order valence-electron chi connectivity index (χ2n) is 5.09. The number of carbonyl (C=O) groups is 1. The van der Waals surface area contributed by atoms with E-state index in [9.17, 15) is 4.79 Å². The van der Waals surface area contributed by atoms with Crippen molar-refractivity contribution in [1.29, 1.82) is 0 Å². The Morgan fingerprint density at radius 2 is 1.71 bits per heavy atom. The fourth-order valence-corrected chi connectivity index (χ4v) is 3.17. The number of rotatable bonds is 3. The molecule has 2 aliphatic rings. The molecule has 2 amide bonds. The van der Waals surface area contributed by atoms with Gasteiger partial charge in [0.2, 0.25) is 0 Å². The second-order valence-corrected chi connectivity index (χ2v) is 5.91. The molecule has 0 unspecified atom stereocenters. The molecule has 0 saturated carbocycles. The Bertz CT molecular complexity index is 515. The molecule has 0 N–H and O–H groups in total. The Hall–Kier alpha value is -1.01. The number of hydrogen-bond acceptors (Lipinski definition) is 3. The van der Waals surface area contributed by atoms with Crippen molar-refractivity contribution in [3.63, 3.8) is 0 Å². The van der Waals surface area contributed by atoms with Gasteiger partial charge in [0, 0.05) is 35.2 Å². The summed E-state index contributed by atoms with van der Waals surface area (Å²) in [6.07, 6.45) is 0. The van der Waals surface area contributed by atoms with Crippen molar-refractivity contribution in [3.05, 3.63) is 33.8 Å². The van der Waals surface area contributed by atoms with Crippen LogP contribution in [0.5, 0.6) is 0 Å². The van der Waals surface area contributed by atoms with E-state index in [1.54, 1.807) is 28.1 Å². The number of nitrogens with zero attached hydrogens (tertiary/aromatic N) is 3. The van der Waals surface area contributed by atoms with Crippen LogP contribution >= 0.6 is 23.2 Å². The minimum absolute atomic E-state index is 0.00730. The number of morpholine rings is 1. The number of halogens is 2. The molecule has 0 aliphatic carbocycles. The van der Waals surface area contributed by atoms with Gasteiger partial charge in [0.15, 0.2) is 0 Å². The largest absolute Gasteiger partial charge is 0.379 e. The zero-order valence-corrected chi connectivity index (χ0v) is 13.1. The topological polar surface area (TPSA) is 36.0 Å². The van der Waals surface area contributed by atoms with Crippen LogP contribution in [0.2, 0.25) is 10.0 Å². The molecule has 0 aromatic heterocycles. The molecule has 1 aromatic carbocycles. The third-order valence-electron chi connectivity index (χ3n) is 3.81. The second kappa shape index (κ2) is 6.40. The van der Waals surface area contributed by atoms with Crippen molar-refractivity contribution < 1.29 is 9.53 Å². The fraction of sp³-hybridized carbons (Fsp3) is 0.500. The van der Waals surface area contributed by atoms with Gasteiger partial charge in [0.1, 0.15) is 0 Å². The van der Waals surface area contributed by atoms with E-state index in [0.29, 0.717) is 42.9 Å². The number of carbonyl (C=O) groups excluding carboxylic acids is 1. The quantitative estimate of drug-likeness (QED) is 0.854. The smallest absolute Gasteiger partial charge is 0.334 e. The molecule has 2 aliphatic heterocycles. The summed E-state index contributed by atoms with van der Waals surface area (Å²) in [7, 11) is 0. The summed E-state index contributed by atoms with van der Waals surface area (Å²) >= 11 is 12.4. The van der Waals surface area contributed by atoms with Crippen LogP contribution in [0.1, 0.15) is 5.56 Å². The molecular formula is C14H17Cl2N3O2. The average molecular weight is 330 g/mol. The summed E-state index contributed by atoms with van der Waals surface area (Å²) in [6.45, 7) is 4.66. The Balaban J connectivity index is 1.69. The molecular weight excluding hydrogens is 313 g/mol. The highest BCUT2D eigenvalue weighted by molar-refractivity contribution is 6.36. The van der Waals surface area contributed by atoms with E-state index < -0.39 is 0 Å². The monoisotopic (exact) mass is 329 g/mol. The first-order valence-electron chi connectivity index (χ1n) is 6.99. The molecule has 2 saturated heterocycles. The van der Waals surface area contributed by atoms with Crippen molar-refractivity contribution in [2.75, 3.05) is 39.4 Å². The molecule has 1 aromatic rings. The van der Waals surface area contributed by atoms with E-state index in [1.807, 2.05) is 0 Å². The van der Waals surface area contributed by atoms with Gasteiger partial charge in [-0.25, -0.2) is 9.80 Å². The van der Waals surface area contributed by atoms with Crippen LogP contribution in [0, 0.1) is 0 Å². The zero-order valence-electron chi connectivity index (χ0n) is 11.6. The summed E-state index contributed by atoms with van der Waals surface area (Å²) in [5.74, 6) is 0. The minimum atomic E-state index is 0.00730. The first-order valence-corrected chi connectivity index (χ1v) is 7.74. The highest BCUT2D eigenvalue weighted by Crippen LogP contribution is 2.27. The predicted octanol–water partition coefficient (Wildman–Crippen LogP) is 2.48. The maximum atomic E-state index is 12.5. The van der Waals surface area contributed by atoms with Gasteiger partial charge in [-0.15, -0.1) is 0 Å². The zero-order chi connectivity index (χ0) is 14.8. The van der Waals surface area contributed by atoms with Crippen LogP contribution in [-0.4, -0.2) is 60.3 Å². The van der Waals surface area contributed by atoms with Crippen LogP contribution in [0.4, 0.5) is 4.79 Å². The highest BCUT2D eigenvalue weighted by atomic mass is 35.5. The molecule has 7 heteroatoms. The van der Waals surface area contributed by atoms with Crippen molar-refractivity contribution in [1.82, 2.24) is 14.9 Å². The molecule has 0 spiro atoms. The molecule has 21 heavy (non-hydrogen) atoms. The summed E-state index contributed by atoms with van der Waals surface area (Å²) in [4.78, 5) is 14.3. The Kier molecular flexibility index (Phi) is 4.54. The van der Waals surface area contributed by atoms with Crippen LogP contribution < -0.4 is 0 Å². The normalized spacial score (nSPS) is 20.4. The van der Waals surface area contributed by atoms with Crippen molar-refractivity contribution in [2.24, 2.45) is 0 Å². The van der Waals surface area contributed by atoms with Crippen LogP contribution in [0.3, 0.4) is 0 Å². The van der Waals surface area contributed by atoms with Gasteiger partial charge in [-0.05, 0) is 12.1 Å². The highest BCUT2D eigenvalue weighted by Gasteiger charge is 2.33. The maximum absolute atomic E-state index is 12.5. The van der Waals surface area contributed by atoms with E-state index in [0.717, 1.165) is 18.7 Å². The standard InChI is InChI=1S/C14H17Cl2N3O2/c15-12-2-1-3-13(16)11(12)10-17-4-5-19(14(17)20)18-6-8-21-9-7-18/h1-3H,4-10H2. The number of ether oxygens (including phenoxy) is 1. The molecule has 0 atom stereocenters. The molecule has 5 nitrogen and oxygen atoms in total. The van der Waals surface area contributed by atoms with Crippen molar-refractivity contribution >= 4 is 29.2 Å². The number of hydrogen-bond donors (Lipinski definition) is 0. The van der Waals surface area contributed by atoms with E-state index >= 15 is 0 Å². The number of amides is 2. The third-order valence-corrected chi connectivity index (χ3v) is 4.52. The van der Waals surface area contributed by atoms with E-state index in [2.05, 4.69) is 5.01 Å². The summed E-state index contributed by atoms with van der Waals surface area (Å²) in [5, 5.41) is 5.05. The maximum Gasteiger partial charge on any atom is 0.334 e. The number of urea groups is 1. The predicted molar refractivity (Wildman–Crippen MR) is 81.4 cm³/mol. The van der Waals surface area contributed by atoms with Gasteiger partial charge in [-0.1, -0.05) is 29.3 Å². The van der Waals surface area contributed by atoms with Gasteiger partial charge in [0.05, 0.1) is 26.3 Å². The van der Waals surface area contributed by atoms with E-state index in [-0.39, 0.29) is 6.03 Å². The molecule has 2 heterocycles. The Labute approximate surface area is 133 Å². The number of hydrazine groups is 1. The van der Waals surface area contributed by atoms with Gasteiger partial charge in [-0.3, -0.25) is 5.01 Å². The lowest BCUT2D eigenvalue weighted by atomic mass is 10.2. The molecule has 2 fully saturated rings. The SMILES string of the molecule is O=C1N(Cc2c(Cl)cccc2Cl)CCN1N1CCOCC1. The molecule has 0 radical (unpaired) electrons. The molecule has 114 valence electrons. The van der Waals surface area contributed by atoms with Gasteiger partial charge in [0.25, 0.3) is 0 Å². The van der Waals surface area contributed by atoms with Crippen LogP contribution in [-0.2, 0) is 11.3 Å². The third kappa shape index (κ3) is 3.11. The summed E-state index contributed by atoms with van der Waals surface area (Å²) < 4.78 is 5.32. The molecule has 0 bridgehead atoms. The average Bonchev–Trinajstić information content (AvgIpc) is 2.85. The van der Waals surface area contributed by atoms with Crippen molar-refractivity contribution in [3.8, 4) is 0 Å². The lowest BCUT2D eigenvalue weighted by Crippen LogP contribution is -2.50. The number of benzene rings is 1. The van der Waals surface area contributed by atoms with Gasteiger partial charge >= 0.3 is 6.03 Å². The first-order chi connectivity index (χ1) is 10.2. The lowest BCUT2D eigenvalue weighted by Gasteiger charge is -2.34. The Morgan fingerprint density at radius 1 is 1.05 bits per heavy atom. The molecule has 3 rings (SSSR count). The fourth-order valence-electron chi connectivity index (χ4n) is 2.65. The van der Waals surface area contributed by atoms with Gasteiger partial charge < -0.3 is 9.64 Å². The van der Waals surface area contributed by atoms with Gasteiger partial charge in [-0.2, -0.15) is 0 Å².